The predicted octanol–water partition coefficient (Wildman–Crippen LogP) is 1.33. The van der Waals surface area contributed by atoms with Gasteiger partial charge >= 0.3 is 0 Å². The maximum atomic E-state index is 10.8. The van der Waals surface area contributed by atoms with E-state index in [0.717, 1.165) is 6.08 Å². The Labute approximate surface area is 92.7 Å². The Bertz CT molecular complexity index is 410. The molecule has 0 aliphatic carbocycles. The molecule has 5 heteroatoms. The van der Waals surface area contributed by atoms with Crippen LogP contribution in [0.3, 0.4) is 0 Å². The predicted molar refractivity (Wildman–Crippen MR) is 56.2 cm³/mol. The summed E-state index contributed by atoms with van der Waals surface area (Å²) < 4.78 is 10.4. The number of benzene rings is 1. The molecule has 1 aromatic rings. The van der Waals surface area contributed by atoms with Crippen LogP contribution in [0.4, 0.5) is 0 Å². The number of hydrogen-bond donors (Lipinski definition) is 0. The van der Waals surface area contributed by atoms with E-state index in [0.29, 0.717) is 18.1 Å². The average molecular weight is 221 g/mol. The third-order valence-corrected chi connectivity index (χ3v) is 1.65. The Morgan fingerprint density at radius 2 is 2.06 bits per heavy atom. The van der Waals surface area contributed by atoms with Crippen molar-refractivity contribution in [2.45, 2.75) is 6.92 Å². The van der Waals surface area contributed by atoms with E-state index in [9.17, 15) is 9.59 Å². The van der Waals surface area contributed by atoms with Crippen LogP contribution in [-0.4, -0.2) is 25.2 Å². The minimum Gasteiger partial charge on any atom is -0.494 e. The van der Waals surface area contributed by atoms with Crippen LogP contribution in [0.1, 0.15) is 6.92 Å². The minimum atomic E-state index is -0.670. The monoisotopic (exact) mass is 221 g/mol. The van der Waals surface area contributed by atoms with E-state index in [2.05, 4.69) is 4.99 Å². The largest absolute Gasteiger partial charge is 0.494 e. The number of hydrogen-bond acceptors (Lipinski definition) is 4. The SMILES string of the molecule is CCOc1cccc(OCC(=O)N=C=O)c1. The zero-order chi connectivity index (χ0) is 11.8. The summed E-state index contributed by atoms with van der Waals surface area (Å²) in [7, 11) is 0. The van der Waals surface area contributed by atoms with Crippen molar-refractivity contribution in [1.29, 1.82) is 0 Å². The van der Waals surface area contributed by atoms with Gasteiger partial charge < -0.3 is 9.47 Å². The Balaban J connectivity index is 2.56. The minimum absolute atomic E-state index is 0.287. The number of aliphatic imine (C=N–C) groups is 1. The second-order valence-corrected chi connectivity index (χ2v) is 2.79. The van der Waals surface area contributed by atoms with E-state index in [-0.39, 0.29) is 6.61 Å². The molecule has 1 aromatic carbocycles. The molecule has 0 heterocycles. The summed E-state index contributed by atoms with van der Waals surface area (Å²) in [6.45, 7) is 2.14. The third kappa shape index (κ3) is 3.94. The molecule has 0 bridgehead atoms. The number of ether oxygens (including phenoxy) is 2. The van der Waals surface area contributed by atoms with Crippen molar-refractivity contribution in [1.82, 2.24) is 0 Å². The van der Waals surface area contributed by atoms with Crippen molar-refractivity contribution >= 4 is 12.0 Å². The molecule has 0 unspecified atom stereocenters. The van der Waals surface area contributed by atoms with E-state index in [1.807, 2.05) is 6.92 Å². The van der Waals surface area contributed by atoms with Crippen molar-refractivity contribution in [2.75, 3.05) is 13.2 Å². The number of carbonyl (C=O) groups is 1. The molecular formula is C11H11NO4. The van der Waals surface area contributed by atoms with Crippen LogP contribution in [0.2, 0.25) is 0 Å². The maximum Gasteiger partial charge on any atom is 0.294 e. The van der Waals surface area contributed by atoms with Crippen LogP contribution in [0, 0.1) is 0 Å². The fraction of sp³-hybridized carbons (Fsp3) is 0.273. The molecule has 0 saturated heterocycles. The first-order chi connectivity index (χ1) is 7.76. The molecule has 0 aliphatic heterocycles. The first-order valence-electron chi connectivity index (χ1n) is 4.72. The summed E-state index contributed by atoms with van der Waals surface area (Å²) in [4.78, 5) is 23.5. The van der Waals surface area contributed by atoms with E-state index >= 15 is 0 Å². The standard InChI is InChI=1S/C11H11NO4/c1-2-15-9-4-3-5-10(6-9)16-7-11(14)12-8-13/h3-6H,2,7H2,1H3. The second-order valence-electron chi connectivity index (χ2n) is 2.79. The molecule has 0 N–H and O–H groups in total. The molecule has 0 fully saturated rings. The Morgan fingerprint density at radius 1 is 1.38 bits per heavy atom. The zero-order valence-corrected chi connectivity index (χ0v) is 8.80. The van der Waals surface area contributed by atoms with Crippen molar-refractivity contribution < 1.29 is 19.1 Å². The number of rotatable bonds is 5. The van der Waals surface area contributed by atoms with Crippen LogP contribution < -0.4 is 9.47 Å². The summed E-state index contributed by atoms with van der Waals surface area (Å²) in [5.74, 6) is 0.476. The van der Waals surface area contributed by atoms with Gasteiger partial charge in [-0.2, -0.15) is 0 Å². The van der Waals surface area contributed by atoms with Crippen LogP contribution >= 0.6 is 0 Å². The average Bonchev–Trinajstić information content (AvgIpc) is 2.28. The maximum absolute atomic E-state index is 10.8. The molecule has 1 rings (SSSR count). The Hall–Kier alpha value is -2.13. The number of amides is 1. The Kier molecular flexibility index (Phi) is 4.76. The number of isocyanates is 1. The van der Waals surface area contributed by atoms with Gasteiger partial charge in [-0.05, 0) is 19.1 Å². The fourth-order valence-corrected chi connectivity index (χ4v) is 1.05. The highest BCUT2D eigenvalue weighted by atomic mass is 16.5. The smallest absolute Gasteiger partial charge is 0.294 e. The van der Waals surface area contributed by atoms with E-state index in [1.165, 1.54) is 0 Å². The molecule has 0 atom stereocenters. The molecule has 0 aliphatic rings. The van der Waals surface area contributed by atoms with Crippen molar-refractivity contribution in [3.63, 3.8) is 0 Å². The lowest BCUT2D eigenvalue weighted by Gasteiger charge is -2.06. The normalized spacial score (nSPS) is 9.06. The van der Waals surface area contributed by atoms with E-state index in [4.69, 9.17) is 9.47 Å². The summed E-state index contributed by atoms with van der Waals surface area (Å²) in [6, 6.07) is 6.86. The molecular weight excluding hydrogens is 210 g/mol. The van der Waals surface area contributed by atoms with Crippen LogP contribution in [0.25, 0.3) is 0 Å². The van der Waals surface area contributed by atoms with Crippen molar-refractivity contribution in [3.05, 3.63) is 24.3 Å². The van der Waals surface area contributed by atoms with Gasteiger partial charge in [0.05, 0.1) is 6.61 Å². The topological polar surface area (TPSA) is 65.0 Å². The quantitative estimate of drug-likeness (QED) is 0.555. The van der Waals surface area contributed by atoms with Crippen LogP contribution in [0.15, 0.2) is 29.3 Å². The number of nitrogens with zero attached hydrogens (tertiary/aromatic N) is 1. The van der Waals surface area contributed by atoms with Gasteiger partial charge in [-0.25, -0.2) is 4.79 Å². The van der Waals surface area contributed by atoms with Crippen molar-refractivity contribution in [3.8, 4) is 11.5 Å². The van der Waals surface area contributed by atoms with Crippen LogP contribution in [-0.2, 0) is 9.59 Å². The summed E-state index contributed by atoms with van der Waals surface area (Å²) >= 11 is 0. The van der Waals surface area contributed by atoms with Crippen molar-refractivity contribution in [2.24, 2.45) is 4.99 Å². The lowest BCUT2D eigenvalue weighted by Crippen LogP contribution is -2.08. The second kappa shape index (κ2) is 6.37. The lowest BCUT2D eigenvalue weighted by atomic mass is 10.3. The van der Waals surface area contributed by atoms with Gasteiger partial charge in [0.2, 0.25) is 6.08 Å². The molecule has 5 nitrogen and oxygen atoms in total. The highest BCUT2D eigenvalue weighted by molar-refractivity contribution is 5.82. The first kappa shape index (κ1) is 11.9. The fourth-order valence-electron chi connectivity index (χ4n) is 1.05. The zero-order valence-electron chi connectivity index (χ0n) is 8.80. The molecule has 0 saturated carbocycles. The van der Waals surface area contributed by atoms with Crippen LogP contribution in [0.5, 0.6) is 11.5 Å². The van der Waals surface area contributed by atoms with Gasteiger partial charge in [-0.15, -0.1) is 4.99 Å². The van der Waals surface area contributed by atoms with Gasteiger partial charge in [0.1, 0.15) is 11.5 Å². The summed E-state index contributed by atoms with van der Waals surface area (Å²) in [5, 5.41) is 0. The van der Waals surface area contributed by atoms with Gasteiger partial charge in [-0.1, -0.05) is 6.07 Å². The van der Waals surface area contributed by atoms with Gasteiger partial charge in [0.15, 0.2) is 6.61 Å². The molecule has 1 amide bonds. The van der Waals surface area contributed by atoms with E-state index in [1.54, 1.807) is 24.3 Å². The molecule has 0 aromatic heterocycles. The third-order valence-electron chi connectivity index (χ3n) is 1.65. The molecule has 0 radical (unpaired) electrons. The molecule has 84 valence electrons. The van der Waals surface area contributed by atoms with Gasteiger partial charge in [0, 0.05) is 6.07 Å². The van der Waals surface area contributed by atoms with E-state index < -0.39 is 5.91 Å². The summed E-state index contributed by atoms with van der Waals surface area (Å²) in [5.41, 5.74) is 0. The summed E-state index contributed by atoms with van der Waals surface area (Å²) in [6.07, 6.45) is 1.16. The highest BCUT2D eigenvalue weighted by Gasteiger charge is 2.01. The number of carbonyl (C=O) groups excluding carboxylic acids is 2. The Morgan fingerprint density at radius 3 is 2.69 bits per heavy atom. The lowest BCUT2D eigenvalue weighted by molar-refractivity contribution is -0.119. The highest BCUT2D eigenvalue weighted by Crippen LogP contribution is 2.19. The molecule has 16 heavy (non-hydrogen) atoms. The first-order valence-corrected chi connectivity index (χ1v) is 4.72. The van der Waals surface area contributed by atoms with Gasteiger partial charge in [-0.3, -0.25) is 4.79 Å². The molecule has 0 spiro atoms. The van der Waals surface area contributed by atoms with Gasteiger partial charge in [0.25, 0.3) is 5.91 Å².